The summed E-state index contributed by atoms with van der Waals surface area (Å²) in [5, 5.41) is 14.7. The fraction of sp³-hybridized carbons (Fsp3) is 0.276. The molecule has 1 aliphatic heterocycles. The topological polar surface area (TPSA) is 146 Å². The van der Waals surface area contributed by atoms with Gasteiger partial charge in [0.1, 0.15) is 11.5 Å². The number of carbonyl (C=O) groups is 1. The number of carbonyl (C=O) groups excluding carboxylic acids is 1. The van der Waals surface area contributed by atoms with Gasteiger partial charge in [-0.3, -0.25) is 14.8 Å². The molecule has 10 nitrogen and oxygen atoms in total. The Labute approximate surface area is 245 Å². The van der Waals surface area contributed by atoms with Crippen LogP contribution >= 0.6 is 23.4 Å². The fourth-order valence-electron chi connectivity index (χ4n) is 5.16. The number of pyridine rings is 2. The van der Waals surface area contributed by atoms with Gasteiger partial charge in [0.25, 0.3) is 0 Å². The number of nitrogens with two attached hydrogens (primary N) is 1. The summed E-state index contributed by atoms with van der Waals surface area (Å²) >= 11 is 8.19. The summed E-state index contributed by atoms with van der Waals surface area (Å²) in [4.78, 5) is 38.1. The smallest absolute Gasteiger partial charge is 0.227 e. The summed E-state index contributed by atoms with van der Waals surface area (Å²) in [6, 6.07) is 14.2. The number of aromatic amines is 1. The normalized spacial score (nSPS) is 17.8. The predicted octanol–water partition coefficient (Wildman–Crippen LogP) is 3.88. The summed E-state index contributed by atoms with van der Waals surface area (Å²) < 4.78 is 0. The number of aliphatic hydroxyl groups is 1. The maximum absolute atomic E-state index is 13.4. The monoisotopic (exact) mass is 588 g/mol. The van der Waals surface area contributed by atoms with Crippen molar-refractivity contribution in [1.29, 1.82) is 0 Å². The largest absolute Gasteiger partial charge is 0.394 e. The summed E-state index contributed by atoms with van der Waals surface area (Å²) in [6.45, 7) is 2.56. The Morgan fingerprint density at radius 1 is 1.20 bits per heavy atom. The van der Waals surface area contributed by atoms with Gasteiger partial charge in [-0.05, 0) is 41.9 Å². The molecule has 0 saturated carbocycles. The molecule has 0 bridgehead atoms. The average molecular weight is 589 g/mol. The van der Waals surface area contributed by atoms with Crippen LogP contribution in [-0.4, -0.2) is 61.7 Å². The van der Waals surface area contributed by atoms with E-state index in [-0.39, 0.29) is 12.5 Å². The number of fused-ring (bicyclic) bond motifs is 2. The number of anilines is 1. The van der Waals surface area contributed by atoms with Crippen molar-refractivity contribution in [3.63, 3.8) is 0 Å². The van der Waals surface area contributed by atoms with Crippen LogP contribution in [0.4, 0.5) is 5.82 Å². The second-order valence-electron chi connectivity index (χ2n) is 9.97. The molecule has 5 N–H and O–H groups in total. The molecule has 0 radical (unpaired) electrons. The fourth-order valence-corrected chi connectivity index (χ4v) is 6.27. The van der Waals surface area contributed by atoms with Crippen LogP contribution in [0.1, 0.15) is 24.2 Å². The minimum absolute atomic E-state index is 0.216. The number of halogens is 1. The minimum Gasteiger partial charge on any atom is -0.394 e. The Morgan fingerprint density at radius 2 is 2.02 bits per heavy atom. The Morgan fingerprint density at radius 3 is 2.80 bits per heavy atom. The molecule has 1 fully saturated rings. The molecular formula is C29H29ClN8O2S. The lowest BCUT2D eigenvalue weighted by molar-refractivity contribution is -0.125. The van der Waals surface area contributed by atoms with Gasteiger partial charge in [-0.15, -0.1) is 0 Å². The van der Waals surface area contributed by atoms with E-state index in [1.807, 2.05) is 60.4 Å². The first-order valence-corrected chi connectivity index (χ1v) is 14.6. The van der Waals surface area contributed by atoms with Gasteiger partial charge < -0.3 is 26.0 Å². The van der Waals surface area contributed by atoms with E-state index in [1.54, 1.807) is 12.4 Å². The number of aryl methyl sites for hydroxylation is 1. The first-order valence-electron chi connectivity index (χ1n) is 13.4. The van der Waals surface area contributed by atoms with Crippen molar-refractivity contribution in [1.82, 2.24) is 30.2 Å². The third-order valence-electron chi connectivity index (χ3n) is 7.31. The third kappa shape index (κ3) is 5.45. The van der Waals surface area contributed by atoms with Gasteiger partial charge >= 0.3 is 0 Å². The number of rotatable bonds is 8. The number of amides is 1. The molecule has 1 saturated heterocycles. The molecule has 0 spiro atoms. The van der Waals surface area contributed by atoms with Crippen molar-refractivity contribution >= 4 is 57.2 Å². The third-order valence-corrected chi connectivity index (χ3v) is 8.56. The zero-order valence-electron chi connectivity index (χ0n) is 22.3. The molecule has 4 aromatic heterocycles. The molecule has 5 heterocycles. The van der Waals surface area contributed by atoms with Crippen LogP contribution in [0, 0.1) is 5.92 Å². The summed E-state index contributed by atoms with van der Waals surface area (Å²) in [5.41, 5.74) is 10.4. The van der Waals surface area contributed by atoms with Crippen molar-refractivity contribution in [3.05, 3.63) is 77.2 Å². The predicted molar refractivity (Wildman–Crippen MR) is 160 cm³/mol. The van der Waals surface area contributed by atoms with Crippen LogP contribution < -0.4 is 16.0 Å². The van der Waals surface area contributed by atoms with Crippen LogP contribution in [0.5, 0.6) is 0 Å². The number of H-pyrrole nitrogens is 1. The summed E-state index contributed by atoms with van der Waals surface area (Å²) in [5.74, 6) is -0.0993. The van der Waals surface area contributed by atoms with Gasteiger partial charge in [0.2, 0.25) is 5.91 Å². The minimum atomic E-state index is -0.519. The highest BCUT2D eigenvalue weighted by molar-refractivity contribution is 7.99. The van der Waals surface area contributed by atoms with Crippen LogP contribution in [0.15, 0.2) is 71.0 Å². The highest BCUT2D eigenvalue weighted by Gasteiger charge is 2.38. The van der Waals surface area contributed by atoms with Crippen LogP contribution in [0.2, 0.25) is 5.02 Å². The van der Waals surface area contributed by atoms with Gasteiger partial charge in [-0.2, -0.15) is 0 Å². The Hall–Kier alpha value is -3.77. The summed E-state index contributed by atoms with van der Waals surface area (Å²) in [6.07, 6.45) is 4.21. The lowest BCUT2D eigenvalue weighted by Gasteiger charge is -2.21. The Kier molecular flexibility index (Phi) is 7.76. The van der Waals surface area contributed by atoms with E-state index < -0.39 is 18.0 Å². The van der Waals surface area contributed by atoms with E-state index in [0.717, 1.165) is 27.2 Å². The van der Waals surface area contributed by atoms with Gasteiger partial charge in [0, 0.05) is 42.1 Å². The number of aromatic nitrogens is 5. The molecular weight excluding hydrogens is 560 g/mol. The zero-order chi connectivity index (χ0) is 28.5. The van der Waals surface area contributed by atoms with Crippen molar-refractivity contribution in [2.24, 2.45) is 11.7 Å². The maximum Gasteiger partial charge on any atom is 0.227 e. The molecule has 1 aliphatic rings. The number of hydrogen-bond donors (Lipinski definition) is 4. The number of aliphatic hydroxyl groups excluding tert-OH is 1. The van der Waals surface area contributed by atoms with Gasteiger partial charge in [-0.25, -0.2) is 9.97 Å². The van der Waals surface area contributed by atoms with E-state index in [4.69, 9.17) is 27.3 Å². The van der Waals surface area contributed by atoms with E-state index in [2.05, 4.69) is 20.3 Å². The van der Waals surface area contributed by atoms with Crippen molar-refractivity contribution in [3.8, 4) is 0 Å². The molecule has 3 atom stereocenters. The summed E-state index contributed by atoms with van der Waals surface area (Å²) in [7, 11) is 0. The lowest BCUT2D eigenvalue weighted by atomic mass is 10.0. The van der Waals surface area contributed by atoms with E-state index in [1.165, 1.54) is 11.8 Å². The lowest BCUT2D eigenvalue weighted by Crippen LogP contribution is -2.43. The number of benzene rings is 1. The van der Waals surface area contributed by atoms with Crippen LogP contribution in [0.3, 0.4) is 0 Å². The molecule has 0 aliphatic carbocycles. The first-order chi connectivity index (χ1) is 19.9. The van der Waals surface area contributed by atoms with E-state index in [9.17, 15) is 9.90 Å². The molecule has 6 rings (SSSR count). The molecule has 1 aromatic carbocycles. The van der Waals surface area contributed by atoms with Crippen LogP contribution in [0.25, 0.3) is 22.1 Å². The van der Waals surface area contributed by atoms with Crippen molar-refractivity contribution < 1.29 is 9.90 Å². The van der Waals surface area contributed by atoms with E-state index >= 15 is 0 Å². The Bertz CT molecular complexity index is 1720. The molecule has 0 unspecified atom stereocenters. The number of nitrogens with zero attached hydrogens (tertiary/aromatic N) is 5. The van der Waals surface area contributed by atoms with Crippen molar-refractivity contribution in [2.45, 2.75) is 35.5 Å². The highest BCUT2D eigenvalue weighted by Crippen LogP contribution is 2.38. The Balaban J connectivity index is 1.30. The zero-order valence-corrected chi connectivity index (χ0v) is 23.9. The van der Waals surface area contributed by atoms with E-state index in [0.29, 0.717) is 46.5 Å². The van der Waals surface area contributed by atoms with Gasteiger partial charge in [0.15, 0.2) is 5.16 Å². The highest BCUT2D eigenvalue weighted by atomic mass is 35.5. The second-order valence-corrected chi connectivity index (χ2v) is 11.4. The number of nitrogens with one attached hydrogen (secondary N) is 2. The number of hydrogen-bond acceptors (Lipinski definition) is 9. The SMILES string of the molecule is CCc1[nH]c2nc(Sc3cnc4cccnc4c3)nc(N3C[C@H](N)[C@H](C(=O)N[C@@H](CO)c4ccccc4)C3)c2c1Cl. The van der Waals surface area contributed by atoms with Crippen molar-refractivity contribution in [2.75, 3.05) is 24.6 Å². The van der Waals surface area contributed by atoms with Gasteiger partial charge in [0.05, 0.1) is 40.0 Å². The first kappa shape index (κ1) is 27.4. The molecule has 1 amide bonds. The average Bonchev–Trinajstić information content (AvgIpc) is 3.55. The molecule has 5 aromatic rings. The molecule has 12 heteroatoms. The molecule has 41 heavy (non-hydrogen) atoms. The van der Waals surface area contributed by atoms with Gasteiger partial charge in [-0.1, -0.05) is 48.9 Å². The second kappa shape index (κ2) is 11.6. The standard InChI is InChI=1S/C29H29ClN8O2S/c1-2-20-25(30)24-26(34-20)36-29(41-17-11-22-21(33-12-17)9-6-10-32-22)37-27(24)38-13-18(19(31)14-38)28(40)35-23(15-39)16-7-4-3-5-8-16/h3-12,18-19,23,39H,2,13-15,31H2,1H3,(H,35,40)(H,34,36,37)/t18-,19+,23+/m1/s1. The molecule has 210 valence electrons. The quantitative estimate of drug-likeness (QED) is 0.198. The maximum atomic E-state index is 13.4. The van der Waals surface area contributed by atoms with Crippen LogP contribution in [-0.2, 0) is 11.2 Å².